The lowest BCUT2D eigenvalue weighted by atomic mass is 10.1. The average molecular weight is 262 g/mol. The highest BCUT2D eigenvalue weighted by Gasteiger charge is 2.13. The SMILES string of the molecule is Cc1ccc2c(c1)c(=O)c1c3ccccc3[nH]c1n2C. The number of hydrogen-bond donors (Lipinski definition) is 1. The number of pyridine rings is 1. The molecular weight excluding hydrogens is 248 g/mol. The third kappa shape index (κ3) is 1.32. The summed E-state index contributed by atoms with van der Waals surface area (Å²) in [4.78, 5) is 16.2. The standard InChI is InChI=1S/C17H14N2O/c1-10-7-8-14-12(9-10)16(20)15-11-5-3-4-6-13(11)18-17(15)19(14)2/h3-9,18H,1-2H3. The second-order valence-electron chi connectivity index (χ2n) is 5.30. The van der Waals surface area contributed by atoms with Gasteiger partial charge in [0.15, 0.2) is 5.43 Å². The number of para-hydroxylation sites is 1. The van der Waals surface area contributed by atoms with Crippen molar-refractivity contribution in [1.82, 2.24) is 9.55 Å². The first-order valence-electron chi connectivity index (χ1n) is 6.66. The van der Waals surface area contributed by atoms with Crippen LogP contribution in [-0.2, 0) is 7.05 Å². The molecule has 1 N–H and O–H groups in total. The fourth-order valence-corrected chi connectivity index (χ4v) is 2.99. The van der Waals surface area contributed by atoms with Crippen molar-refractivity contribution in [1.29, 1.82) is 0 Å². The van der Waals surface area contributed by atoms with Gasteiger partial charge in [-0.3, -0.25) is 4.79 Å². The fraction of sp³-hybridized carbons (Fsp3) is 0.118. The van der Waals surface area contributed by atoms with Crippen molar-refractivity contribution in [2.45, 2.75) is 6.92 Å². The smallest absolute Gasteiger partial charge is 0.199 e. The molecule has 0 atom stereocenters. The van der Waals surface area contributed by atoms with Gasteiger partial charge in [-0.15, -0.1) is 0 Å². The summed E-state index contributed by atoms with van der Waals surface area (Å²) in [6.07, 6.45) is 0. The van der Waals surface area contributed by atoms with E-state index in [1.165, 1.54) is 0 Å². The molecular formula is C17H14N2O. The lowest BCUT2D eigenvalue weighted by molar-refractivity contribution is 0.985. The Balaban J connectivity index is 2.40. The highest BCUT2D eigenvalue weighted by Crippen LogP contribution is 2.25. The van der Waals surface area contributed by atoms with Crippen LogP contribution < -0.4 is 5.43 Å². The summed E-state index contributed by atoms with van der Waals surface area (Å²) in [6, 6.07) is 14.0. The minimum absolute atomic E-state index is 0.106. The van der Waals surface area contributed by atoms with Crippen LogP contribution in [0.2, 0.25) is 0 Å². The molecule has 0 aliphatic heterocycles. The molecule has 20 heavy (non-hydrogen) atoms. The summed E-state index contributed by atoms with van der Waals surface area (Å²) in [7, 11) is 1.99. The van der Waals surface area contributed by atoms with Crippen LogP contribution in [0, 0.1) is 6.92 Å². The van der Waals surface area contributed by atoms with Crippen LogP contribution >= 0.6 is 0 Å². The molecule has 2 aromatic carbocycles. The molecule has 2 aromatic heterocycles. The second-order valence-corrected chi connectivity index (χ2v) is 5.30. The highest BCUT2D eigenvalue weighted by molar-refractivity contribution is 6.09. The summed E-state index contributed by atoms with van der Waals surface area (Å²) in [5.41, 5.74) is 4.05. The van der Waals surface area contributed by atoms with E-state index in [1.807, 2.05) is 56.4 Å². The van der Waals surface area contributed by atoms with E-state index in [4.69, 9.17) is 0 Å². The quantitative estimate of drug-likeness (QED) is 0.517. The van der Waals surface area contributed by atoms with Crippen molar-refractivity contribution in [3.05, 3.63) is 58.3 Å². The first-order valence-corrected chi connectivity index (χ1v) is 6.66. The Morgan fingerprint density at radius 3 is 2.70 bits per heavy atom. The minimum atomic E-state index is 0.106. The van der Waals surface area contributed by atoms with E-state index in [0.29, 0.717) is 0 Å². The average Bonchev–Trinajstić information content (AvgIpc) is 2.84. The number of benzene rings is 2. The maximum Gasteiger partial charge on any atom is 0.199 e. The van der Waals surface area contributed by atoms with E-state index in [9.17, 15) is 4.79 Å². The molecule has 0 spiro atoms. The van der Waals surface area contributed by atoms with E-state index in [1.54, 1.807) is 0 Å². The Bertz CT molecular complexity index is 1040. The topological polar surface area (TPSA) is 37.8 Å². The minimum Gasteiger partial charge on any atom is -0.340 e. The molecule has 0 amide bonds. The monoisotopic (exact) mass is 262 g/mol. The van der Waals surface area contributed by atoms with Crippen LogP contribution in [0.1, 0.15) is 5.56 Å². The van der Waals surface area contributed by atoms with Crippen LogP contribution in [0.15, 0.2) is 47.3 Å². The fourth-order valence-electron chi connectivity index (χ4n) is 2.99. The van der Waals surface area contributed by atoms with E-state index in [2.05, 4.69) is 9.55 Å². The Labute approximate surface area is 115 Å². The maximum atomic E-state index is 12.8. The highest BCUT2D eigenvalue weighted by atomic mass is 16.1. The van der Waals surface area contributed by atoms with Gasteiger partial charge in [-0.05, 0) is 25.1 Å². The number of aromatic nitrogens is 2. The van der Waals surface area contributed by atoms with Gasteiger partial charge in [0, 0.05) is 23.3 Å². The summed E-state index contributed by atoms with van der Waals surface area (Å²) < 4.78 is 2.06. The number of rotatable bonds is 0. The zero-order valence-corrected chi connectivity index (χ0v) is 11.4. The third-order valence-electron chi connectivity index (χ3n) is 4.01. The van der Waals surface area contributed by atoms with E-state index >= 15 is 0 Å². The van der Waals surface area contributed by atoms with Crippen molar-refractivity contribution >= 4 is 32.8 Å². The molecule has 4 aromatic rings. The largest absolute Gasteiger partial charge is 0.340 e. The van der Waals surface area contributed by atoms with Crippen LogP contribution in [0.25, 0.3) is 32.8 Å². The van der Waals surface area contributed by atoms with Crippen molar-refractivity contribution in [3.63, 3.8) is 0 Å². The van der Waals surface area contributed by atoms with Crippen molar-refractivity contribution < 1.29 is 0 Å². The maximum absolute atomic E-state index is 12.8. The van der Waals surface area contributed by atoms with Crippen molar-refractivity contribution in [2.75, 3.05) is 0 Å². The predicted molar refractivity (Wildman–Crippen MR) is 83.3 cm³/mol. The Morgan fingerprint density at radius 1 is 1.05 bits per heavy atom. The van der Waals surface area contributed by atoms with Gasteiger partial charge in [0.05, 0.1) is 10.9 Å². The Hall–Kier alpha value is -2.55. The van der Waals surface area contributed by atoms with Gasteiger partial charge >= 0.3 is 0 Å². The van der Waals surface area contributed by atoms with E-state index in [-0.39, 0.29) is 5.43 Å². The van der Waals surface area contributed by atoms with Gasteiger partial charge in [0.1, 0.15) is 5.65 Å². The second kappa shape index (κ2) is 3.73. The molecule has 0 bridgehead atoms. The van der Waals surface area contributed by atoms with Crippen molar-refractivity contribution in [2.24, 2.45) is 7.05 Å². The first-order chi connectivity index (χ1) is 9.66. The summed E-state index contributed by atoms with van der Waals surface area (Å²) in [5.74, 6) is 0. The number of aromatic amines is 1. The number of hydrogen-bond acceptors (Lipinski definition) is 1. The van der Waals surface area contributed by atoms with Gasteiger partial charge in [0.25, 0.3) is 0 Å². The number of nitrogens with zero attached hydrogens (tertiary/aromatic N) is 1. The molecule has 0 fully saturated rings. The molecule has 4 rings (SSSR count). The van der Waals surface area contributed by atoms with Gasteiger partial charge in [0.2, 0.25) is 0 Å². The predicted octanol–water partition coefficient (Wildman–Crippen LogP) is 3.48. The molecule has 0 saturated carbocycles. The molecule has 0 aliphatic rings. The first kappa shape index (κ1) is 11.3. The summed E-state index contributed by atoms with van der Waals surface area (Å²) in [5, 5.41) is 2.55. The van der Waals surface area contributed by atoms with Crippen LogP contribution in [-0.4, -0.2) is 9.55 Å². The van der Waals surface area contributed by atoms with Gasteiger partial charge in [-0.1, -0.05) is 29.8 Å². The van der Waals surface area contributed by atoms with Crippen LogP contribution in [0.5, 0.6) is 0 Å². The summed E-state index contributed by atoms with van der Waals surface area (Å²) in [6.45, 7) is 2.01. The zero-order chi connectivity index (χ0) is 13.9. The molecule has 0 saturated heterocycles. The number of aryl methyl sites for hydroxylation is 2. The van der Waals surface area contributed by atoms with Crippen LogP contribution in [0.4, 0.5) is 0 Å². The number of fused-ring (bicyclic) bond motifs is 4. The molecule has 3 nitrogen and oxygen atoms in total. The van der Waals surface area contributed by atoms with Gasteiger partial charge < -0.3 is 9.55 Å². The number of H-pyrrole nitrogens is 1. The molecule has 0 aliphatic carbocycles. The molecule has 2 heterocycles. The number of nitrogens with one attached hydrogen (secondary N) is 1. The zero-order valence-electron chi connectivity index (χ0n) is 11.4. The lowest BCUT2D eigenvalue weighted by Crippen LogP contribution is -2.08. The summed E-state index contributed by atoms with van der Waals surface area (Å²) >= 11 is 0. The normalized spacial score (nSPS) is 11.7. The Kier molecular flexibility index (Phi) is 2.11. The molecule has 98 valence electrons. The Morgan fingerprint density at radius 2 is 1.85 bits per heavy atom. The van der Waals surface area contributed by atoms with E-state index < -0.39 is 0 Å². The molecule has 0 unspecified atom stereocenters. The van der Waals surface area contributed by atoms with E-state index in [0.717, 1.165) is 38.4 Å². The third-order valence-corrected chi connectivity index (χ3v) is 4.01. The van der Waals surface area contributed by atoms with Gasteiger partial charge in [-0.25, -0.2) is 0 Å². The lowest BCUT2D eigenvalue weighted by Gasteiger charge is -2.07. The van der Waals surface area contributed by atoms with Crippen molar-refractivity contribution in [3.8, 4) is 0 Å². The van der Waals surface area contributed by atoms with Gasteiger partial charge in [-0.2, -0.15) is 0 Å². The van der Waals surface area contributed by atoms with Crippen LogP contribution in [0.3, 0.4) is 0 Å². The molecule has 3 heteroatoms. The molecule has 0 radical (unpaired) electrons.